The van der Waals surface area contributed by atoms with E-state index in [1.807, 2.05) is 6.92 Å². The van der Waals surface area contributed by atoms with E-state index in [-0.39, 0.29) is 11.9 Å². The quantitative estimate of drug-likeness (QED) is 0.802. The third-order valence-corrected chi connectivity index (χ3v) is 3.05. The fourth-order valence-electron chi connectivity index (χ4n) is 1.75. The van der Waals surface area contributed by atoms with Crippen LogP contribution in [0.4, 0.5) is 15.9 Å². The van der Waals surface area contributed by atoms with Crippen molar-refractivity contribution in [2.45, 2.75) is 13.0 Å². The smallest absolute Gasteiger partial charge is 0.157 e. The van der Waals surface area contributed by atoms with E-state index in [2.05, 4.69) is 20.6 Å². The number of nitrogens with one attached hydrogen (secondary N) is 2. The second kappa shape index (κ2) is 7.08. The van der Waals surface area contributed by atoms with Gasteiger partial charge in [0.2, 0.25) is 0 Å². The van der Waals surface area contributed by atoms with E-state index in [1.54, 1.807) is 19.2 Å². The lowest BCUT2D eigenvalue weighted by Gasteiger charge is -2.17. The standard InChI is InChI=1S/C14H16ClFN4O/c1-9(21-11-5-3-10(16)4-6-11)7-18-14-12(17-2)13(15)19-8-20-14/h3-6,8-9,17H,7H2,1-2H3,(H,18,19,20). The number of aromatic nitrogens is 2. The Balaban J connectivity index is 1.93. The monoisotopic (exact) mass is 310 g/mol. The molecule has 0 aliphatic heterocycles. The maximum atomic E-state index is 12.8. The summed E-state index contributed by atoms with van der Waals surface area (Å²) in [5, 5.41) is 6.43. The lowest BCUT2D eigenvalue weighted by atomic mass is 10.3. The summed E-state index contributed by atoms with van der Waals surface area (Å²) in [5.41, 5.74) is 0.633. The maximum Gasteiger partial charge on any atom is 0.157 e. The van der Waals surface area contributed by atoms with Crippen molar-refractivity contribution in [2.75, 3.05) is 24.2 Å². The van der Waals surface area contributed by atoms with Gasteiger partial charge in [-0.2, -0.15) is 0 Å². The van der Waals surface area contributed by atoms with Crippen LogP contribution in [-0.4, -0.2) is 29.7 Å². The summed E-state index contributed by atoms with van der Waals surface area (Å²) >= 11 is 5.97. The predicted molar refractivity (Wildman–Crippen MR) is 81.6 cm³/mol. The SMILES string of the molecule is CNc1c(Cl)ncnc1NCC(C)Oc1ccc(F)cc1. The van der Waals surface area contributed by atoms with Crippen molar-refractivity contribution in [1.29, 1.82) is 0 Å². The lowest BCUT2D eigenvalue weighted by Crippen LogP contribution is -2.23. The van der Waals surface area contributed by atoms with E-state index in [0.29, 0.717) is 29.0 Å². The van der Waals surface area contributed by atoms with Crippen molar-refractivity contribution in [3.05, 3.63) is 41.6 Å². The number of ether oxygens (including phenoxy) is 1. The first-order chi connectivity index (χ1) is 10.1. The fraction of sp³-hybridized carbons (Fsp3) is 0.286. The van der Waals surface area contributed by atoms with Gasteiger partial charge in [-0.25, -0.2) is 14.4 Å². The second-order valence-electron chi connectivity index (χ2n) is 4.40. The van der Waals surface area contributed by atoms with Gasteiger partial charge >= 0.3 is 0 Å². The van der Waals surface area contributed by atoms with Gasteiger partial charge in [-0.3, -0.25) is 0 Å². The number of rotatable bonds is 6. The highest BCUT2D eigenvalue weighted by Gasteiger charge is 2.10. The Kier molecular flexibility index (Phi) is 5.16. The van der Waals surface area contributed by atoms with Gasteiger partial charge in [0.05, 0.1) is 6.54 Å². The van der Waals surface area contributed by atoms with Gasteiger partial charge in [-0.1, -0.05) is 11.6 Å². The molecule has 0 aliphatic rings. The molecule has 1 unspecified atom stereocenters. The number of hydrogen-bond donors (Lipinski definition) is 2. The lowest BCUT2D eigenvalue weighted by molar-refractivity contribution is 0.234. The molecule has 7 heteroatoms. The van der Waals surface area contributed by atoms with Crippen LogP contribution >= 0.6 is 11.6 Å². The highest BCUT2D eigenvalue weighted by atomic mass is 35.5. The third-order valence-electron chi connectivity index (χ3n) is 2.76. The molecule has 5 nitrogen and oxygen atoms in total. The first kappa shape index (κ1) is 15.3. The van der Waals surface area contributed by atoms with Crippen LogP contribution in [0.3, 0.4) is 0 Å². The van der Waals surface area contributed by atoms with Crippen LogP contribution < -0.4 is 15.4 Å². The Hall–Kier alpha value is -2.08. The molecule has 0 aliphatic carbocycles. The van der Waals surface area contributed by atoms with Crippen LogP contribution in [0.15, 0.2) is 30.6 Å². The molecule has 0 saturated carbocycles. The van der Waals surface area contributed by atoms with E-state index in [9.17, 15) is 4.39 Å². The molecule has 2 aromatic rings. The molecule has 2 rings (SSSR count). The largest absolute Gasteiger partial charge is 0.489 e. The van der Waals surface area contributed by atoms with Crippen molar-refractivity contribution in [2.24, 2.45) is 0 Å². The summed E-state index contributed by atoms with van der Waals surface area (Å²) in [7, 11) is 1.74. The van der Waals surface area contributed by atoms with Crippen LogP contribution in [0.1, 0.15) is 6.92 Å². The molecule has 112 valence electrons. The van der Waals surface area contributed by atoms with Crippen LogP contribution in [0.5, 0.6) is 5.75 Å². The van der Waals surface area contributed by atoms with Crippen molar-refractivity contribution >= 4 is 23.1 Å². The van der Waals surface area contributed by atoms with Gasteiger partial charge < -0.3 is 15.4 Å². The summed E-state index contributed by atoms with van der Waals surface area (Å²) in [6.07, 6.45) is 1.26. The van der Waals surface area contributed by atoms with Gasteiger partial charge in [0, 0.05) is 7.05 Å². The van der Waals surface area contributed by atoms with Gasteiger partial charge in [0.15, 0.2) is 11.0 Å². The minimum atomic E-state index is -0.289. The van der Waals surface area contributed by atoms with Gasteiger partial charge in [-0.05, 0) is 31.2 Å². The van der Waals surface area contributed by atoms with Crippen LogP contribution in [0.25, 0.3) is 0 Å². The second-order valence-corrected chi connectivity index (χ2v) is 4.76. The molecule has 21 heavy (non-hydrogen) atoms. The Labute approximate surface area is 127 Å². The summed E-state index contributed by atoms with van der Waals surface area (Å²) in [6.45, 7) is 2.41. The Bertz CT molecular complexity index is 594. The topological polar surface area (TPSA) is 59.1 Å². The molecule has 1 heterocycles. The van der Waals surface area contributed by atoms with Crippen LogP contribution in [0, 0.1) is 5.82 Å². The Morgan fingerprint density at radius 3 is 2.67 bits per heavy atom. The van der Waals surface area contributed by atoms with Crippen molar-refractivity contribution < 1.29 is 9.13 Å². The maximum absolute atomic E-state index is 12.8. The van der Waals surface area contributed by atoms with E-state index in [0.717, 1.165) is 0 Å². The predicted octanol–water partition coefficient (Wildman–Crippen LogP) is 3.19. The number of nitrogens with zero attached hydrogens (tertiary/aromatic N) is 2. The van der Waals surface area contributed by atoms with E-state index < -0.39 is 0 Å². The Morgan fingerprint density at radius 1 is 1.29 bits per heavy atom. The summed E-state index contributed by atoms with van der Waals surface area (Å²) in [5.74, 6) is 0.926. The minimum absolute atomic E-state index is 0.131. The number of halogens is 2. The average Bonchev–Trinajstić information content (AvgIpc) is 2.47. The average molecular weight is 311 g/mol. The van der Waals surface area contributed by atoms with E-state index >= 15 is 0 Å². The highest BCUT2D eigenvalue weighted by molar-refractivity contribution is 6.32. The molecule has 0 fully saturated rings. The third kappa shape index (κ3) is 4.19. The zero-order valence-electron chi connectivity index (χ0n) is 11.7. The van der Waals surface area contributed by atoms with E-state index in [4.69, 9.17) is 16.3 Å². The minimum Gasteiger partial charge on any atom is -0.489 e. The molecule has 0 spiro atoms. The molecular formula is C14H16ClFN4O. The molecule has 0 saturated heterocycles. The fourth-order valence-corrected chi connectivity index (χ4v) is 1.97. The number of benzene rings is 1. The molecule has 1 aromatic heterocycles. The molecule has 2 N–H and O–H groups in total. The normalized spacial score (nSPS) is 11.8. The van der Waals surface area contributed by atoms with Crippen LogP contribution in [0.2, 0.25) is 5.15 Å². The number of anilines is 2. The van der Waals surface area contributed by atoms with Crippen molar-refractivity contribution in [3.63, 3.8) is 0 Å². The first-order valence-corrected chi connectivity index (χ1v) is 6.82. The zero-order valence-corrected chi connectivity index (χ0v) is 12.5. The molecule has 0 radical (unpaired) electrons. The number of hydrogen-bond acceptors (Lipinski definition) is 5. The molecule has 1 aromatic carbocycles. The molecule has 0 amide bonds. The first-order valence-electron chi connectivity index (χ1n) is 6.44. The van der Waals surface area contributed by atoms with Crippen LogP contribution in [-0.2, 0) is 0 Å². The zero-order chi connectivity index (χ0) is 15.2. The van der Waals surface area contributed by atoms with Gasteiger partial charge in [-0.15, -0.1) is 0 Å². The summed E-state index contributed by atoms with van der Waals surface area (Å²) < 4.78 is 18.5. The molecule has 0 bridgehead atoms. The summed E-state index contributed by atoms with van der Waals surface area (Å²) in [4.78, 5) is 8.03. The van der Waals surface area contributed by atoms with Gasteiger partial charge in [0.25, 0.3) is 0 Å². The Morgan fingerprint density at radius 2 is 2.00 bits per heavy atom. The van der Waals surface area contributed by atoms with Crippen molar-refractivity contribution in [3.8, 4) is 5.75 Å². The van der Waals surface area contributed by atoms with Crippen molar-refractivity contribution in [1.82, 2.24) is 9.97 Å². The molecule has 1 atom stereocenters. The summed E-state index contributed by atoms with van der Waals surface area (Å²) in [6, 6.07) is 5.90. The van der Waals surface area contributed by atoms with Gasteiger partial charge in [0.1, 0.15) is 29.7 Å². The highest BCUT2D eigenvalue weighted by Crippen LogP contribution is 2.25. The molecular weight excluding hydrogens is 295 g/mol. The van der Waals surface area contributed by atoms with E-state index in [1.165, 1.54) is 18.5 Å².